The molecule has 1 aromatic heterocycles. The SMILES string of the molecule is Cn1c(Cl)cnc1COCC1CCNCC1. The molecule has 1 aliphatic rings. The van der Waals surface area contributed by atoms with Crippen LogP contribution in [0.25, 0.3) is 0 Å². The summed E-state index contributed by atoms with van der Waals surface area (Å²) in [4.78, 5) is 4.19. The Balaban J connectivity index is 1.73. The Labute approximate surface area is 101 Å². The number of aromatic nitrogens is 2. The summed E-state index contributed by atoms with van der Waals surface area (Å²) in [5, 5.41) is 4.00. The second-order valence-electron chi connectivity index (χ2n) is 4.26. The molecule has 2 heterocycles. The van der Waals surface area contributed by atoms with E-state index in [2.05, 4.69) is 10.3 Å². The van der Waals surface area contributed by atoms with Crippen molar-refractivity contribution < 1.29 is 4.74 Å². The first-order valence-corrected chi connectivity index (χ1v) is 6.09. The highest BCUT2D eigenvalue weighted by molar-refractivity contribution is 6.29. The number of imidazole rings is 1. The van der Waals surface area contributed by atoms with Crippen molar-refractivity contribution in [2.24, 2.45) is 13.0 Å². The van der Waals surface area contributed by atoms with Crippen LogP contribution in [0.2, 0.25) is 5.15 Å². The van der Waals surface area contributed by atoms with Gasteiger partial charge in [-0.1, -0.05) is 11.6 Å². The number of nitrogens with zero attached hydrogens (tertiary/aromatic N) is 2. The highest BCUT2D eigenvalue weighted by Gasteiger charge is 2.13. The van der Waals surface area contributed by atoms with Crippen LogP contribution < -0.4 is 5.32 Å². The van der Waals surface area contributed by atoms with E-state index in [-0.39, 0.29) is 0 Å². The summed E-state index contributed by atoms with van der Waals surface area (Å²) >= 11 is 5.89. The highest BCUT2D eigenvalue weighted by Crippen LogP contribution is 2.14. The van der Waals surface area contributed by atoms with Crippen molar-refractivity contribution in [2.75, 3.05) is 19.7 Å². The average Bonchev–Trinajstić information content (AvgIpc) is 2.62. The zero-order valence-electron chi connectivity index (χ0n) is 9.58. The van der Waals surface area contributed by atoms with Gasteiger partial charge in [0.1, 0.15) is 17.6 Å². The Hall–Kier alpha value is -0.580. The molecule has 2 rings (SSSR count). The summed E-state index contributed by atoms with van der Waals surface area (Å²) in [5.74, 6) is 1.58. The molecule has 0 bridgehead atoms. The summed E-state index contributed by atoms with van der Waals surface area (Å²) in [6.07, 6.45) is 4.08. The van der Waals surface area contributed by atoms with Gasteiger partial charge < -0.3 is 14.6 Å². The second-order valence-corrected chi connectivity index (χ2v) is 4.65. The van der Waals surface area contributed by atoms with E-state index in [1.54, 1.807) is 6.20 Å². The minimum atomic E-state index is 0.549. The molecule has 4 nitrogen and oxygen atoms in total. The molecule has 0 atom stereocenters. The molecule has 90 valence electrons. The molecule has 0 amide bonds. The quantitative estimate of drug-likeness (QED) is 0.873. The van der Waals surface area contributed by atoms with Crippen LogP contribution in [0.5, 0.6) is 0 Å². The van der Waals surface area contributed by atoms with Crippen molar-refractivity contribution >= 4 is 11.6 Å². The largest absolute Gasteiger partial charge is 0.373 e. The van der Waals surface area contributed by atoms with Gasteiger partial charge in [0.15, 0.2) is 0 Å². The van der Waals surface area contributed by atoms with Crippen LogP contribution in [-0.4, -0.2) is 29.2 Å². The molecular weight excluding hydrogens is 226 g/mol. The van der Waals surface area contributed by atoms with Gasteiger partial charge in [0.05, 0.1) is 12.8 Å². The molecule has 1 aromatic rings. The van der Waals surface area contributed by atoms with E-state index < -0.39 is 0 Å². The Kier molecular flexibility index (Phi) is 4.21. The van der Waals surface area contributed by atoms with Crippen molar-refractivity contribution in [1.29, 1.82) is 0 Å². The number of halogens is 1. The number of hydrogen-bond donors (Lipinski definition) is 1. The van der Waals surface area contributed by atoms with Crippen LogP contribution in [-0.2, 0) is 18.4 Å². The smallest absolute Gasteiger partial charge is 0.135 e. The van der Waals surface area contributed by atoms with Gasteiger partial charge >= 0.3 is 0 Å². The van der Waals surface area contributed by atoms with Crippen molar-refractivity contribution in [3.63, 3.8) is 0 Å². The maximum atomic E-state index is 5.89. The predicted octanol–water partition coefficient (Wildman–Crippen LogP) is 1.59. The summed E-state index contributed by atoms with van der Waals surface area (Å²) in [6, 6.07) is 0. The third kappa shape index (κ3) is 2.97. The highest BCUT2D eigenvalue weighted by atomic mass is 35.5. The van der Waals surface area contributed by atoms with Gasteiger partial charge in [0.25, 0.3) is 0 Å². The Morgan fingerprint density at radius 2 is 2.31 bits per heavy atom. The molecule has 0 saturated carbocycles. The summed E-state index contributed by atoms with van der Waals surface area (Å²) in [6.45, 7) is 3.60. The van der Waals surface area contributed by atoms with E-state index in [0.717, 1.165) is 25.5 Å². The average molecular weight is 244 g/mol. The van der Waals surface area contributed by atoms with Gasteiger partial charge in [-0.05, 0) is 31.8 Å². The second kappa shape index (κ2) is 5.66. The lowest BCUT2D eigenvalue weighted by molar-refractivity contribution is 0.0711. The maximum Gasteiger partial charge on any atom is 0.135 e. The van der Waals surface area contributed by atoms with E-state index in [1.165, 1.54) is 12.8 Å². The van der Waals surface area contributed by atoms with Crippen LogP contribution in [0.1, 0.15) is 18.7 Å². The molecule has 16 heavy (non-hydrogen) atoms. The fourth-order valence-electron chi connectivity index (χ4n) is 1.92. The lowest BCUT2D eigenvalue weighted by Crippen LogP contribution is -2.30. The molecule has 1 saturated heterocycles. The number of rotatable bonds is 4. The van der Waals surface area contributed by atoms with E-state index in [4.69, 9.17) is 16.3 Å². The molecule has 0 aliphatic carbocycles. The van der Waals surface area contributed by atoms with Gasteiger partial charge in [-0.3, -0.25) is 0 Å². The maximum absolute atomic E-state index is 5.89. The molecular formula is C11H18ClN3O. The fraction of sp³-hybridized carbons (Fsp3) is 0.727. The first kappa shape index (κ1) is 11.9. The lowest BCUT2D eigenvalue weighted by atomic mass is 9.99. The zero-order valence-corrected chi connectivity index (χ0v) is 10.3. The minimum absolute atomic E-state index is 0.549. The first-order valence-electron chi connectivity index (χ1n) is 5.72. The number of hydrogen-bond acceptors (Lipinski definition) is 3. The van der Waals surface area contributed by atoms with Crippen molar-refractivity contribution in [3.8, 4) is 0 Å². The van der Waals surface area contributed by atoms with Gasteiger partial charge in [-0.15, -0.1) is 0 Å². The van der Waals surface area contributed by atoms with E-state index in [9.17, 15) is 0 Å². The topological polar surface area (TPSA) is 39.1 Å². The first-order chi connectivity index (χ1) is 7.77. The Bertz CT molecular complexity index is 334. The molecule has 1 aliphatic heterocycles. The summed E-state index contributed by atoms with van der Waals surface area (Å²) in [7, 11) is 1.90. The van der Waals surface area contributed by atoms with Crippen molar-refractivity contribution in [1.82, 2.24) is 14.9 Å². The van der Waals surface area contributed by atoms with Crippen molar-refractivity contribution in [3.05, 3.63) is 17.2 Å². The van der Waals surface area contributed by atoms with Gasteiger partial charge in [0, 0.05) is 7.05 Å². The predicted molar refractivity (Wildman–Crippen MR) is 63.5 cm³/mol. The molecule has 1 fully saturated rings. The minimum Gasteiger partial charge on any atom is -0.373 e. The van der Waals surface area contributed by atoms with Crippen molar-refractivity contribution in [2.45, 2.75) is 19.4 Å². The molecule has 0 unspecified atom stereocenters. The fourth-order valence-corrected chi connectivity index (χ4v) is 2.07. The monoisotopic (exact) mass is 243 g/mol. The van der Waals surface area contributed by atoms with Gasteiger partial charge in [0.2, 0.25) is 0 Å². The Morgan fingerprint density at radius 1 is 1.56 bits per heavy atom. The van der Waals surface area contributed by atoms with Crippen LogP contribution in [0.3, 0.4) is 0 Å². The summed E-state index contributed by atoms with van der Waals surface area (Å²) in [5.41, 5.74) is 0. The molecule has 1 N–H and O–H groups in total. The normalized spacial score (nSPS) is 17.9. The van der Waals surface area contributed by atoms with E-state index in [1.807, 2.05) is 11.6 Å². The number of ether oxygens (including phenoxy) is 1. The van der Waals surface area contributed by atoms with Crippen LogP contribution in [0.15, 0.2) is 6.20 Å². The number of nitrogens with one attached hydrogen (secondary N) is 1. The lowest BCUT2D eigenvalue weighted by Gasteiger charge is -2.22. The van der Waals surface area contributed by atoms with Crippen LogP contribution >= 0.6 is 11.6 Å². The number of piperidine rings is 1. The molecule has 5 heteroatoms. The Morgan fingerprint density at radius 3 is 2.94 bits per heavy atom. The van der Waals surface area contributed by atoms with Crippen LogP contribution in [0, 0.1) is 5.92 Å². The standard InChI is InChI=1S/C11H18ClN3O/c1-15-10(12)6-14-11(15)8-16-7-9-2-4-13-5-3-9/h6,9,13H,2-5,7-8H2,1H3. The van der Waals surface area contributed by atoms with E-state index >= 15 is 0 Å². The third-order valence-electron chi connectivity index (χ3n) is 3.07. The van der Waals surface area contributed by atoms with Crippen LogP contribution in [0.4, 0.5) is 0 Å². The molecule has 0 radical (unpaired) electrons. The molecule has 0 aromatic carbocycles. The zero-order chi connectivity index (χ0) is 11.4. The van der Waals surface area contributed by atoms with Gasteiger partial charge in [-0.2, -0.15) is 0 Å². The van der Waals surface area contributed by atoms with E-state index in [0.29, 0.717) is 17.7 Å². The molecule has 0 spiro atoms. The summed E-state index contributed by atoms with van der Waals surface area (Å²) < 4.78 is 7.53. The van der Waals surface area contributed by atoms with Gasteiger partial charge in [-0.25, -0.2) is 4.98 Å². The third-order valence-corrected chi connectivity index (χ3v) is 3.42.